The Hall–Kier alpha value is -2.51. The van der Waals surface area contributed by atoms with Crippen molar-refractivity contribution in [1.29, 1.82) is 0 Å². The molecule has 0 aromatic heterocycles. The van der Waals surface area contributed by atoms with Crippen molar-refractivity contribution in [3.63, 3.8) is 0 Å². The van der Waals surface area contributed by atoms with E-state index in [1.165, 1.54) is 12.8 Å². The van der Waals surface area contributed by atoms with Gasteiger partial charge in [0.25, 0.3) is 0 Å². The smallest absolute Gasteiger partial charge is 0.332 e. The molecular formula is C21H20N2O2. The van der Waals surface area contributed by atoms with Crippen molar-refractivity contribution >= 4 is 11.7 Å². The monoisotopic (exact) mass is 332 g/mol. The Morgan fingerprint density at radius 2 is 2.04 bits per heavy atom. The molecule has 4 nitrogen and oxygen atoms in total. The molecule has 4 heteroatoms. The highest BCUT2D eigenvalue weighted by Crippen LogP contribution is 2.53. The summed E-state index contributed by atoms with van der Waals surface area (Å²) in [6.45, 7) is 1.08. The van der Waals surface area contributed by atoms with Crippen LogP contribution >= 0.6 is 0 Å². The number of nitrogen functional groups attached to an aromatic ring is 1. The van der Waals surface area contributed by atoms with Crippen LogP contribution in [0.3, 0.4) is 0 Å². The third kappa shape index (κ3) is 2.16. The van der Waals surface area contributed by atoms with Crippen molar-refractivity contribution < 1.29 is 9.53 Å². The Morgan fingerprint density at radius 3 is 2.88 bits per heavy atom. The van der Waals surface area contributed by atoms with Gasteiger partial charge in [0.05, 0.1) is 6.04 Å². The van der Waals surface area contributed by atoms with E-state index < -0.39 is 5.60 Å². The van der Waals surface area contributed by atoms with Gasteiger partial charge in [-0.2, -0.15) is 0 Å². The highest BCUT2D eigenvalue weighted by atomic mass is 16.6. The Morgan fingerprint density at radius 1 is 1.20 bits per heavy atom. The van der Waals surface area contributed by atoms with Gasteiger partial charge in [-0.1, -0.05) is 24.3 Å². The van der Waals surface area contributed by atoms with Crippen molar-refractivity contribution in [1.82, 2.24) is 4.90 Å². The third-order valence-corrected chi connectivity index (χ3v) is 5.92. The average molecular weight is 332 g/mol. The molecule has 2 bridgehead atoms. The van der Waals surface area contributed by atoms with Gasteiger partial charge in [-0.15, -0.1) is 0 Å². The summed E-state index contributed by atoms with van der Waals surface area (Å²) < 4.78 is 5.91. The molecule has 3 heterocycles. The number of benzene rings is 1. The van der Waals surface area contributed by atoms with E-state index >= 15 is 0 Å². The highest BCUT2D eigenvalue weighted by Gasteiger charge is 2.61. The molecule has 25 heavy (non-hydrogen) atoms. The van der Waals surface area contributed by atoms with Crippen LogP contribution < -0.4 is 5.73 Å². The van der Waals surface area contributed by atoms with Crippen LogP contribution in [0.2, 0.25) is 0 Å². The first kappa shape index (κ1) is 14.8. The number of nitrogens with two attached hydrogens (primary N) is 1. The summed E-state index contributed by atoms with van der Waals surface area (Å²) in [5, 5.41) is 0. The standard InChI is InChI=1S/C21H20N2O2/c22-16-8-5-14(6-9-16)4-7-15-11-17-13-21(18(15)12-20(24)25-21)19-3-1-2-10-23(17)19/h5-6,8-9,11-12,17,19H,1-3,10,13,22H2/t17-,19-,21+/m1/s1. The lowest BCUT2D eigenvalue weighted by molar-refractivity contribution is -0.148. The molecule has 1 aliphatic carbocycles. The number of fused-ring (bicyclic) bond motifs is 3. The molecule has 3 atom stereocenters. The number of hydrogen-bond acceptors (Lipinski definition) is 4. The van der Waals surface area contributed by atoms with Crippen molar-refractivity contribution in [2.75, 3.05) is 12.3 Å². The van der Waals surface area contributed by atoms with Gasteiger partial charge in [0.1, 0.15) is 0 Å². The molecule has 0 radical (unpaired) electrons. The van der Waals surface area contributed by atoms with Gasteiger partial charge < -0.3 is 10.5 Å². The van der Waals surface area contributed by atoms with Gasteiger partial charge in [-0.3, -0.25) is 4.90 Å². The Kier molecular flexibility index (Phi) is 3.10. The zero-order valence-corrected chi connectivity index (χ0v) is 14.0. The minimum atomic E-state index is -0.470. The Balaban J connectivity index is 1.56. The maximum absolute atomic E-state index is 12.1. The lowest BCUT2D eigenvalue weighted by atomic mass is 9.77. The van der Waals surface area contributed by atoms with Crippen molar-refractivity contribution in [3.05, 3.63) is 53.1 Å². The van der Waals surface area contributed by atoms with Crippen LogP contribution in [0.1, 0.15) is 31.2 Å². The number of carbonyl (C=O) groups excluding carboxylic acids is 1. The maximum Gasteiger partial charge on any atom is 0.332 e. The summed E-state index contributed by atoms with van der Waals surface area (Å²) in [5.74, 6) is 6.29. The number of carbonyl (C=O) groups is 1. The van der Waals surface area contributed by atoms with E-state index in [2.05, 4.69) is 22.8 Å². The van der Waals surface area contributed by atoms with Crippen LogP contribution in [0, 0.1) is 11.8 Å². The van der Waals surface area contributed by atoms with Crippen LogP contribution in [0.4, 0.5) is 5.69 Å². The van der Waals surface area contributed by atoms with E-state index in [1.54, 1.807) is 6.08 Å². The molecule has 0 unspecified atom stereocenters. The van der Waals surface area contributed by atoms with Gasteiger partial charge in [0.15, 0.2) is 5.60 Å². The minimum Gasteiger partial charge on any atom is -0.449 e. The summed E-state index contributed by atoms with van der Waals surface area (Å²) >= 11 is 0. The number of piperidine rings is 1. The van der Waals surface area contributed by atoms with E-state index in [9.17, 15) is 4.79 Å². The summed E-state index contributed by atoms with van der Waals surface area (Å²) in [5.41, 5.74) is 8.86. The van der Waals surface area contributed by atoms with E-state index in [0.29, 0.717) is 12.1 Å². The fraction of sp³-hybridized carbons (Fsp3) is 0.381. The first-order valence-electron chi connectivity index (χ1n) is 8.96. The van der Waals surface area contributed by atoms with Gasteiger partial charge in [0.2, 0.25) is 0 Å². The average Bonchev–Trinajstić information content (AvgIpc) is 3.10. The Bertz CT molecular complexity index is 871. The van der Waals surface area contributed by atoms with Crippen molar-refractivity contribution in [2.45, 2.75) is 43.4 Å². The molecule has 0 amide bonds. The van der Waals surface area contributed by atoms with Gasteiger partial charge >= 0.3 is 5.97 Å². The van der Waals surface area contributed by atoms with Crippen LogP contribution in [0.5, 0.6) is 0 Å². The van der Waals surface area contributed by atoms with E-state index in [4.69, 9.17) is 10.5 Å². The first-order chi connectivity index (χ1) is 12.2. The van der Waals surface area contributed by atoms with Crippen LogP contribution in [0.25, 0.3) is 0 Å². The lowest BCUT2D eigenvalue weighted by Crippen LogP contribution is -2.48. The predicted molar refractivity (Wildman–Crippen MR) is 95.5 cm³/mol. The van der Waals surface area contributed by atoms with Crippen LogP contribution in [-0.4, -0.2) is 35.1 Å². The number of ether oxygens (including phenoxy) is 1. The number of rotatable bonds is 0. The zero-order valence-electron chi connectivity index (χ0n) is 14.0. The molecule has 2 fully saturated rings. The van der Waals surface area contributed by atoms with Gasteiger partial charge in [0, 0.05) is 40.9 Å². The molecule has 4 aliphatic rings. The molecule has 1 spiro atoms. The van der Waals surface area contributed by atoms with E-state index in [0.717, 1.165) is 41.8 Å². The van der Waals surface area contributed by atoms with Crippen LogP contribution in [0.15, 0.2) is 47.6 Å². The van der Waals surface area contributed by atoms with Gasteiger partial charge in [-0.05, 0) is 43.7 Å². The molecule has 1 aromatic carbocycles. The fourth-order valence-electron chi connectivity index (χ4n) is 4.88. The topological polar surface area (TPSA) is 55.6 Å². The van der Waals surface area contributed by atoms with Crippen molar-refractivity contribution in [3.8, 4) is 11.8 Å². The second-order valence-corrected chi connectivity index (χ2v) is 7.34. The molecule has 5 rings (SSSR count). The quantitative estimate of drug-likeness (QED) is 0.450. The number of nitrogens with zero attached hydrogens (tertiary/aromatic N) is 1. The van der Waals surface area contributed by atoms with E-state index in [-0.39, 0.29) is 5.97 Å². The molecule has 0 saturated carbocycles. The predicted octanol–water partition coefficient (Wildman–Crippen LogP) is 2.41. The fourth-order valence-corrected chi connectivity index (χ4v) is 4.88. The SMILES string of the molecule is Nc1ccc(C#CC2=C[C@@H]3C[C@@]4(OC(=O)C=C24)[C@H]2CCCCN32)cc1. The number of esters is 1. The van der Waals surface area contributed by atoms with E-state index in [1.807, 2.05) is 24.3 Å². The zero-order chi connectivity index (χ0) is 17.0. The molecule has 2 N–H and O–H groups in total. The molecule has 126 valence electrons. The highest BCUT2D eigenvalue weighted by molar-refractivity contribution is 5.90. The Labute approximate surface area is 147 Å². The molecule has 3 aliphatic heterocycles. The second kappa shape index (κ2) is 5.24. The van der Waals surface area contributed by atoms with Crippen molar-refractivity contribution in [2.24, 2.45) is 0 Å². The summed E-state index contributed by atoms with van der Waals surface area (Å²) in [4.78, 5) is 14.6. The molecule has 1 aromatic rings. The third-order valence-electron chi connectivity index (χ3n) is 5.92. The number of anilines is 1. The molecular weight excluding hydrogens is 312 g/mol. The normalized spacial score (nSPS) is 32.7. The van der Waals surface area contributed by atoms with Gasteiger partial charge in [-0.25, -0.2) is 4.79 Å². The second-order valence-electron chi connectivity index (χ2n) is 7.34. The molecule has 2 saturated heterocycles. The largest absolute Gasteiger partial charge is 0.449 e. The minimum absolute atomic E-state index is 0.219. The van der Waals surface area contributed by atoms with Crippen LogP contribution in [-0.2, 0) is 9.53 Å². The summed E-state index contributed by atoms with van der Waals surface area (Å²) in [6.07, 6.45) is 8.29. The summed E-state index contributed by atoms with van der Waals surface area (Å²) in [6, 6.07) is 8.17. The number of hydrogen-bond donors (Lipinski definition) is 1. The first-order valence-corrected chi connectivity index (χ1v) is 8.96. The summed E-state index contributed by atoms with van der Waals surface area (Å²) in [7, 11) is 0. The lowest BCUT2D eigenvalue weighted by Gasteiger charge is -2.38. The maximum atomic E-state index is 12.1.